The van der Waals surface area contributed by atoms with Gasteiger partial charge in [0.05, 0.1) is 0 Å². The average Bonchev–Trinajstić information content (AvgIpc) is 2.30. The third-order valence-electron chi connectivity index (χ3n) is 3.66. The van der Waals surface area contributed by atoms with E-state index in [0.717, 1.165) is 51.4 Å². The fourth-order valence-electron chi connectivity index (χ4n) is 2.73. The van der Waals surface area contributed by atoms with Crippen molar-refractivity contribution < 1.29 is 43.5 Å². The van der Waals surface area contributed by atoms with Crippen LogP contribution in [0.1, 0.15) is 64.2 Å². The molecule has 2 rings (SSSR count). The van der Waals surface area contributed by atoms with Crippen LogP contribution in [0.2, 0.25) is 0 Å². The maximum Gasteiger partial charge on any atom is 1.00 e. The summed E-state index contributed by atoms with van der Waals surface area (Å²) < 4.78 is 11.1. The summed E-state index contributed by atoms with van der Waals surface area (Å²) in [5.41, 5.74) is 0. The van der Waals surface area contributed by atoms with Crippen molar-refractivity contribution in [3.05, 3.63) is 0 Å². The van der Waals surface area contributed by atoms with Crippen molar-refractivity contribution >= 4 is 19.4 Å². The molecule has 0 aromatic carbocycles. The van der Waals surface area contributed by atoms with Crippen molar-refractivity contribution in [1.29, 1.82) is 0 Å². The van der Waals surface area contributed by atoms with Gasteiger partial charge in [-0.1, -0.05) is 38.5 Å². The van der Waals surface area contributed by atoms with Crippen LogP contribution in [0.4, 0.5) is 0 Å². The van der Waals surface area contributed by atoms with Crippen molar-refractivity contribution in [2.45, 2.75) is 76.4 Å². The molecule has 6 heteroatoms. The van der Waals surface area contributed by atoms with E-state index in [0.29, 0.717) is 0 Å². The largest absolute Gasteiger partial charge is 1.00 e. The third kappa shape index (κ3) is 6.41. The fourth-order valence-corrected chi connectivity index (χ4v) is 4.66. The fraction of sp³-hybridized carbons (Fsp3) is 1.00. The van der Waals surface area contributed by atoms with Crippen molar-refractivity contribution in [3.8, 4) is 0 Å². The van der Waals surface area contributed by atoms with Gasteiger partial charge in [0.25, 0.3) is 0 Å². The minimum absolute atomic E-state index is 0. The number of hydrogen-bond acceptors (Lipinski definition) is 4. The average molecular weight is 300 g/mol. The molecule has 0 radical (unpaired) electrons. The molecule has 0 bridgehead atoms. The monoisotopic (exact) mass is 300 g/mol. The van der Waals surface area contributed by atoms with Gasteiger partial charge in [0.2, 0.25) is 0 Å². The summed E-state index contributed by atoms with van der Waals surface area (Å²) in [4.78, 5) is 12.1. The summed E-state index contributed by atoms with van der Waals surface area (Å²) in [5.74, 6) is 0. The SMILES string of the molecule is [Na+].[O-][P+]([S-])(OC1CCCCC1)OC1CCCCC1. The maximum atomic E-state index is 12.1. The van der Waals surface area contributed by atoms with Crippen LogP contribution in [-0.2, 0) is 21.3 Å². The molecular formula is C12H22NaO3PS. The summed E-state index contributed by atoms with van der Waals surface area (Å²) in [6, 6.07) is 0. The molecule has 0 amide bonds. The van der Waals surface area contributed by atoms with E-state index in [4.69, 9.17) is 21.3 Å². The Hall–Kier alpha value is 1.66. The van der Waals surface area contributed by atoms with Crippen molar-refractivity contribution in [2.24, 2.45) is 0 Å². The van der Waals surface area contributed by atoms with Gasteiger partial charge < -0.3 is 17.1 Å². The van der Waals surface area contributed by atoms with E-state index in [1.807, 2.05) is 0 Å². The first-order chi connectivity index (χ1) is 8.16. The van der Waals surface area contributed by atoms with E-state index in [9.17, 15) is 4.89 Å². The molecule has 0 spiro atoms. The molecule has 3 nitrogen and oxygen atoms in total. The number of hydrogen-bond donors (Lipinski definition) is 0. The van der Waals surface area contributed by atoms with E-state index in [2.05, 4.69) is 0 Å². The van der Waals surface area contributed by atoms with Crippen molar-refractivity contribution in [3.63, 3.8) is 0 Å². The van der Waals surface area contributed by atoms with Crippen LogP contribution < -0.4 is 34.5 Å². The Morgan fingerprint density at radius 1 is 0.778 bits per heavy atom. The Labute approximate surface area is 138 Å². The van der Waals surface area contributed by atoms with Gasteiger partial charge in [-0.3, -0.25) is 0 Å². The van der Waals surface area contributed by atoms with Gasteiger partial charge in [-0.15, -0.1) is 0 Å². The molecule has 2 aliphatic carbocycles. The Morgan fingerprint density at radius 3 is 1.44 bits per heavy atom. The first-order valence-electron chi connectivity index (χ1n) is 6.83. The topological polar surface area (TPSA) is 41.5 Å². The van der Waals surface area contributed by atoms with Crippen LogP contribution >= 0.6 is 7.15 Å². The van der Waals surface area contributed by atoms with Gasteiger partial charge in [-0.05, 0) is 25.7 Å². The molecule has 0 saturated heterocycles. The van der Waals surface area contributed by atoms with Crippen LogP contribution in [0.15, 0.2) is 0 Å². The second kappa shape index (κ2) is 8.84. The Morgan fingerprint density at radius 2 is 1.11 bits per heavy atom. The van der Waals surface area contributed by atoms with Gasteiger partial charge in [-0.25, -0.2) is 9.05 Å². The molecular weight excluding hydrogens is 278 g/mol. The molecule has 0 aliphatic heterocycles. The van der Waals surface area contributed by atoms with Crippen LogP contribution in [-0.4, -0.2) is 12.2 Å². The Balaban J connectivity index is 0.00000162. The quantitative estimate of drug-likeness (QED) is 0.425. The minimum atomic E-state index is -3.25. The van der Waals surface area contributed by atoms with E-state index in [1.54, 1.807) is 0 Å². The Kier molecular flexibility index (Phi) is 8.70. The molecule has 0 heterocycles. The zero-order chi connectivity index (χ0) is 12.1. The van der Waals surface area contributed by atoms with Crippen LogP contribution in [0.25, 0.3) is 0 Å². The van der Waals surface area contributed by atoms with E-state index < -0.39 is 7.15 Å². The van der Waals surface area contributed by atoms with Gasteiger partial charge in [0.1, 0.15) is 19.4 Å². The molecule has 100 valence electrons. The van der Waals surface area contributed by atoms with E-state index in [1.165, 1.54) is 12.8 Å². The minimum Gasteiger partial charge on any atom is -0.648 e. The molecule has 0 aromatic heterocycles. The molecule has 0 atom stereocenters. The normalized spacial score (nSPS) is 23.7. The zero-order valence-electron chi connectivity index (χ0n) is 11.3. The van der Waals surface area contributed by atoms with Crippen LogP contribution in [0.3, 0.4) is 0 Å². The summed E-state index contributed by atoms with van der Waals surface area (Å²) in [6.07, 6.45) is 11.2. The standard InChI is InChI=1S/C12H23O3PS.Na/c13-16(17,14-11-7-3-1-4-8-11)15-12-9-5-2-6-10-12;/h11-12H,1-10H2,(H,13,17);/q;+1/p-1. The first-order valence-corrected chi connectivity index (χ1v) is 9.39. The molecule has 18 heavy (non-hydrogen) atoms. The van der Waals surface area contributed by atoms with Crippen LogP contribution in [0, 0.1) is 0 Å². The molecule has 0 N–H and O–H groups in total. The smallest absolute Gasteiger partial charge is 0.648 e. The summed E-state index contributed by atoms with van der Waals surface area (Å²) in [7, 11) is -3.25. The first kappa shape index (κ1) is 17.7. The summed E-state index contributed by atoms with van der Waals surface area (Å²) in [5, 5.41) is 0. The summed E-state index contributed by atoms with van der Waals surface area (Å²) >= 11 is 5.02. The zero-order valence-corrected chi connectivity index (χ0v) is 15.0. The molecule has 2 fully saturated rings. The van der Waals surface area contributed by atoms with Gasteiger partial charge >= 0.3 is 29.6 Å². The molecule has 2 aliphatic rings. The second-order valence-corrected chi connectivity index (χ2v) is 7.84. The molecule has 0 aromatic rings. The molecule has 0 unspecified atom stereocenters. The predicted octanol–water partition coefficient (Wildman–Crippen LogP) is 0.274. The molecule has 2 saturated carbocycles. The number of rotatable bonds is 4. The van der Waals surface area contributed by atoms with Gasteiger partial charge in [0, 0.05) is 0 Å². The van der Waals surface area contributed by atoms with Crippen LogP contribution in [0.5, 0.6) is 0 Å². The predicted molar refractivity (Wildman–Crippen MR) is 70.2 cm³/mol. The van der Waals surface area contributed by atoms with Crippen molar-refractivity contribution in [2.75, 3.05) is 0 Å². The Bertz CT molecular complexity index is 209. The van der Waals surface area contributed by atoms with Crippen molar-refractivity contribution in [1.82, 2.24) is 0 Å². The second-order valence-electron chi connectivity index (χ2n) is 5.18. The summed E-state index contributed by atoms with van der Waals surface area (Å²) in [6.45, 7) is 0. The maximum absolute atomic E-state index is 12.1. The van der Waals surface area contributed by atoms with E-state index in [-0.39, 0.29) is 41.8 Å². The van der Waals surface area contributed by atoms with E-state index >= 15 is 0 Å². The van der Waals surface area contributed by atoms with Gasteiger partial charge in [-0.2, -0.15) is 0 Å². The third-order valence-corrected chi connectivity index (χ3v) is 5.29. The van der Waals surface area contributed by atoms with Gasteiger partial charge in [0.15, 0.2) is 0 Å².